The first-order chi connectivity index (χ1) is 22.9. The molecule has 0 bridgehead atoms. The largest absolute Gasteiger partial charge is 0.375 e. The molecule has 48 heavy (non-hydrogen) atoms. The van der Waals surface area contributed by atoms with Gasteiger partial charge in [-0.1, -0.05) is 20.4 Å². The van der Waals surface area contributed by atoms with Gasteiger partial charge in [0.05, 0.1) is 28.5 Å². The highest BCUT2D eigenvalue weighted by Gasteiger charge is 2.36. The number of pyridine rings is 1. The molecule has 2 fully saturated rings. The lowest BCUT2D eigenvalue weighted by Gasteiger charge is -2.37. The third kappa shape index (κ3) is 7.54. The number of hydrazine groups is 1. The molecular formula is C35H51N7O5S. The minimum Gasteiger partial charge on any atom is -0.375 e. The Labute approximate surface area is 284 Å². The van der Waals surface area contributed by atoms with Gasteiger partial charge in [0, 0.05) is 85.3 Å². The Balaban J connectivity index is 1.55. The fraction of sp³-hybridized carbons (Fsp3) is 0.571. The number of sulfone groups is 1. The van der Waals surface area contributed by atoms with Crippen LogP contribution in [0.25, 0.3) is 22.2 Å². The number of ether oxygens (including phenoxy) is 1. The number of rotatable bonds is 14. The summed E-state index contributed by atoms with van der Waals surface area (Å²) in [6.45, 7) is 15.7. The van der Waals surface area contributed by atoms with Crippen molar-refractivity contribution in [3.05, 3.63) is 65.0 Å². The second-order valence-corrected chi connectivity index (χ2v) is 16.2. The van der Waals surface area contributed by atoms with Gasteiger partial charge in [0.1, 0.15) is 6.61 Å². The lowest BCUT2D eigenvalue weighted by Crippen LogP contribution is -2.51. The van der Waals surface area contributed by atoms with Gasteiger partial charge >= 0.3 is 0 Å². The van der Waals surface area contributed by atoms with Crippen molar-refractivity contribution in [2.45, 2.75) is 77.3 Å². The molecule has 262 valence electrons. The zero-order valence-corrected chi connectivity index (χ0v) is 29.8. The normalized spacial score (nSPS) is 19.7. The number of aromatic nitrogens is 2. The number of benzene rings is 1. The highest BCUT2D eigenvalue weighted by atomic mass is 32.2. The van der Waals surface area contributed by atoms with Crippen molar-refractivity contribution in [1.29, 1.82) is 0 Å². The van der Waals surface area contributed by atoms with Crippen LogP contribution in [-0.4, -0.2) is 79.9 Å². The van der Waals surface area contributed by atoms with Crippen LogP contribution < -0.4 is 16.1 Å². The van der Waals surface area contributed by atoms with Crippen molar-refractivity contribution < 1.29 is 18.0 Å². The van der Waals surface area contributed by atoms with E-state index in [-0.39, 0.29) is 18.5 Å². The Morgan fingerprint density at radius 3 is 2.73 bits per heavy atom. The van der Waals surface area contributed by atoms with E-state index in [1.54, 1.807) is 13.3 Å². The molecule has 2 aliphatic rings. The van der Waals surface area contributed by atoms with Crippen LogP contribution in [0, 0.1) is 10.3 Å². The minimum atomic E-state index is -3.34. The lowest BCUT2D eigenvalue weighted by molar-refractivity contribution is 0.0646. The highest BCUT2D eigenvalue weighted by Crippen LogP contribution is 2.42. The van der Waals surface area contributed by atoms with Crippen LogP contribution >= 0.6 is 0 Å². The molecule has 3 N–H and O–H groups in total. The summed E-state index contributed by atoms with van der Waals surface area (Å²) in [6, 6.07) is 9.93. The molecule has 3 unspecified atom stereocenters. The Bertz CT molecular complexity index is 1720. The monoisotopic (exact) mass is 681 g/mol. The molecule has 3 atom stereocenters. The summed E-state index contributed by atoms with van der Waals surface area (Å²) < 4.78 is 34.7. The van der Waals surface area contributed by atoms with Crippen molar-refractivity contribution >= 4 is 26.4 Å². The van der Waals surface area contributed by atoms with E-state index in [4.69, 9.17) is 20.3 Å². The summed E-state index contributed by atoms with van der Waals surface area (Å²) >= 11 is 0. The zero-order chi connectivity index (χ0) is 34.6. The Hall–Kier alpha value is -3.52. The number of nitrogens with one attached hydrogen (secondary N) is 1. The first kappa shape index (κ1) is 35.8. The molecule has 0 aliphatic carbocycles. The number of hydrogen-bond acceptors (Lipinski definition) is 11. The predicted molar refractivity (Wildman–Crippen MR) is 191 cm³/mol. The van der Waals surface area contributed by atoms with E-state index in [1.165, 1.54) is 0 Å². The maximum Gasteiger partial charge on any atom is 0.156 e. The summed E-state index contributed by atoms with van der Waals surface area (Å²) in [7, 11) is -1.66. The Morgan fingerprint density at radius 2 is 2.04 bits per heavy atom. The molecule has 2 saturated heterocycles. The minimum absolute atomic E-state index is 0.0575. The summed E-state index contributed by atoms with van der Waals surface area (Å²) in [5.41, 5.74) is 16.2. The molecular weight excluding hydrogens is 630 g/mol. The molecule has 2 aliphatic heterocycles. The number of methoxy groups -OCH3 is 1. The van der Waals surface area contributed by atoms with Crippen molar-refractivity contribution in [1.82, 2.24) is 20.0 Å². The molecule has 0 spiro atoms. The van der Waals surface area contributed by atoms with Gasteiger partial charge < -0.3 is 29.8 Å². The molecule has 3 aromatic rings. The molecule has 4 heterocycles. The van der Waals surface area contributed by atoms with Gasteiger partial charge in [-0.25, -0.2) is 13.8 Å². The third-order valence-electron chi connectivity index (χ3n) is 9.81. The van der Waals surface area contributed by atoms with Crippen LogP contribution in [0.15, 0.2) is 54.1 Å². The van der Waals surface area contributed by atoms with E-state index in [9.17, 15) is 13.3 Å². The quantitative estimate of drug-likeness (QED) is 0.174. The SMILES string of the molecule is C=C(C(N)CC1CN(c2ccc3c(c2)c(CC(C)(C)CON=O)c(-c2cccnc2C(C)OC)n3CC)CCS1(=O)=O)N1CCCCN1. The maximum atomic E-state index is 13.4. The van der Waals surface area contributed by atoms with Crippen LogP contribution in [0.5, 0.6) is 0 Å². The summed E-state index contributed by atoms with van der Waals surface area (Å²) in [4.78, 5) is 22.8. The number of nitrogens with zero attached hydrogens (tertiary/aromatic N) is 5. The second kappa shape index (κ2) is 14.9. The average Bonchev–Trinajstić information content (AvgIpc) is 3.39. The first-order valence-corrected chi connectivity index (χ1v) is 18.6. The first-order valence-electron chi connectivity index (χ1n) is 16.9. The van der Waals surface area contributed by atoms with Crippen LogP contribution in [0.1, 0.15) is 64.3 Å². The van der Waals surface area contributed by atoms with Gasteiger partial charge in [0.2, 0.25) is 0 Å². The van der Waals surface area contributed by atoms with E-state index < -0.39 is 26.5 Å². The van der Waals surface area contributed by atoms with Crippen LogP contribution in [0.2, 0.25) is 0 Å². The predicted octanol–water partition coefficient (Wildman–Crippen LogP) is 5.13. The van der Waals surface area contributed by atoms with E-state index in [1.807, 2.05) is 18.0 Å². The smallest absolute Gasteiger partial charge is 0.156 e. The highest BCUT2D eigenvalue weighted by molar-refractivity contribution is 7.92. The maximum absolute atomic E-state index is 13.4. The van der Waals surface area contributed by atoms with Gasteiger partial charge in [-0.2, -0.15) is 0 Å². The van der Waals surface area contributed by atoms with E-state index in [2.05, 4.69) is 71.8 Å². The van der Waals surface area contributed by atoms with Crippen molar-refractivity contribution in [2.24, 2.45) is 16.5 Å². The fourth-order valence-electron chi connectivity index (χ4n) is 7.07. The molecule has 0 radical (unpaired) electrons. The Kier molecular flexibility index (Phi) is 11.1. The molecule has 1 aromatic carbocycles. The van der Waals surface area contributed by atoms with Crippen molar-refractivity contribution in [2.75, 3.05) is 50.5 Å². The number of anilines is 1. The standard InChI is InChI=1S/C35H51N7O5S/c1-7-41-32-13-12-26(40-17-18-48(44,45)27(22-40)20-31(36)24(2)42-16-9-8-15-38-42)19-29(32)30(21-35(4,5)23-47-39-43)34(41)28-11-10-14-37-33(28)25(3)46-6/h10-14,19,25,27,31,38H,2,7-9,15-18,20-23,36H2,1,3-6H3. The van der Waals surface area contributed by atoms with Gasteiger partial charge in [0.15, 0.2) is 15.2 Å². The van der Waals surface area contributed by atoms with Gasteiger partial charge in [-0.15, -0.1) is 4.91 Å². The van der Waals surface area contributed by atoms with Crippen LogP contribution in [-0.2, 0) is 32.4 Å². The molecule has 5 rings (SSSR count). The summed E-state index contributed by atoms with van der Waals surface area (Å²) in [5, 5.41) is 5.09. The van der Waals surface area contributed by atoms with Crippen molar-refractivity contribution in [3.8, 4) is 11.3 Å². The van der Waals surface area contributed by atoms with Gasteiger partial charge in [0.25, 0.3) is 0 Å². The number of nitrogens with two attached hydrogens (primary N) is 1. The third-order valence-corrected chi connectivity index (χ3v) is 11.9. The fourth-order valence-corrected chi connectivity index (χ4v) is 8.79. The lowest BCUT2D eigenvalue weighted by atomic mass is 9.84. The average molecular weight is 682 g/mol. The topological polar surface area (TPSA) is 144 Å². The van der Waals surface area contributed by atoms with Crippen LogP contribution in [0.4, 0.5) is 5.69 Å². The number of aryl methyl sites for hydroxylation is 1. The molecule has 0 saturated carbocycles. The van der Waals surface area contributed by atoms with E-state index in [0.29, 0.717) is 32.5 Å². The Morgan fingerprint density at radius 1 is 1.25 bits per heavy atom. The van der Waals surface area contributed by atoms with Crippen molar-refractivity contribution in [3.63, 3.8) is 0 Å². The number of hydrogen-bond donors (Lipinski definition) is 2. The molecule has 12 nitrogen and oxygen atoms in total. The number of fused-ring (bicyclic) bond motifs is 1. The zero-order valence-electron chi connectivity index (χ0n) is 28.9. The summed E-state index contributed by atoms with van der Waals surface area (Å²) in [5.74, 6) is 0.0575. The van der Waals surface area contributed by atoms with E-state index in [0.717, 1.165) is 70.7 Å². The molecule has 2 aromatic heterocycles. The van der Waals surface area contributed by atoms with Gasteiger partial charge in [-0.3, -0.25) is 4.98 Å². The van der Waals surface area contributed by atoms with Gasteiger partial charge in [-0.05, 0) is 75.4 Å². The molecule has 0 amide bonds. The molecule has 13 heteroatoms. The summed E-state index contributed by atoms with van der Waals surface area (Å²) in [6.07, 6.45) is 4.59. The van der Waals surface area contributed by atoms with Crippen LogP contribution in [0.3, 0.4) is 0 Å². The van der Waals surface area contributed by atoms with E-state index >= 15 is 0 Å². The second-order valence-electron chi connectivity index (χ2n) is 13.8.